The number of nitrogens with two attached hydrogens (primary N) is 1. The summed E-state index contributed by atoms with van der Waals surface area (Å²) in [5, 5.41) is 4.45. The summed E-state index contributed by atoms with van der Waals surface area (Å²) < 4.78 is 0.926. The Morgan fingerprint density at radius 3 is 3.00 bits per heavy atom. The summed E-state index contributed by atoms with van der Waals surface area (Å²) in [5.74, 6) is 0. The van der Waals surface area contributed by atoms with Crippen LogP contribution in [0.25, 0.3) is 0 Å². The number of rotatable bonds is 3. The van der Waals surface area contributed by atoms with Gasteiger partial charge in [0.15, 0.2) is 0 Å². The highest BCUT2D eigenvalue weighted by atomic mass is 79.9. The minimum atomic E-state index is 0.00763. The smallest absolute Gasteiger partial charge is 0.0662 e. The Labute approximate surface area is 134 Å². The van der Waals surface area contributed by atoms with Gasteiger partial charge in [-0.15, -0.1) is 0 Å². The SMILES string of the molecule is NCC1(Nc2ccc(Cl)c(Br)c2)CCN2CCCCC21. The summed E-state index contributed by atoms with van der Waals surface area (Å²) in [6, 6.07) is 6.57. The lowest BCUT2D eigenvalue weighted by Crippen LogP contribution is -2.56. The lowest BCUT2D eigenvalue weighted by molar-refractivity contribution is 0.167. The van der Waals surface area contributed by atoms with Crippen LogP contribution in [0.1, 0.15) is 25.7 Å². The number of nitrogens with one attached hydrogen (secondary N) is 1. The maximum absolute atomic E-state index is 6.16. The molecule has 2 atom stereocenters. The number of anilines is 1. The van der Waals surface area contributed by atoms with Crippen LogP contribution in [-0.4, -0.2) is 36.1 Å². The van der Waals surface area contributed by atoms with Gasteiger partial charge in [0.1, 0.15) is 0 Å². The number of nitrogens with zero attached hydrogens (tertiary/aromatic N) is 1. The fourth-order valence-corrected chi connectivity index (χ4v) is 4.19. The van der Waals surface area contributed by atoms with E-state index in [1.165, 1.54) is 25.8 Å². The van der Waals surface area contributed by atoms with Crippen molar-refractivity contribution < 1.29 is 0 Å². The molecule has 0 radical (unpaired) electrons. The summed E-state index contributed by atoms with van der Waals surface area (Å²) in [4.78, 5) is 2.61. The van der Waals surface area contributed by atoms with Crippen molar-refractivity contribution in [2.75, 3.05) is 25.0 Å². The van der Waals surface area contributed by atoms with Gasteiger partial charge in [-0.25, -0.2) is 0 Å². The van der Waals surface area contributed by atoms with Crippen molar-refractivity contribution in [3.63, 3.8) is 0 Å². The summed E-state index contributed by atoms with van der Waals surface area (Å²) in [6.07, 6.45) is 5.01. The molecular weight excluding hydrogens is 338 g/mol. The van der Waals surface area contributed by atoms with E-state index in [0.717, 1.165) is 28.1 Å². The molecule has 3 nitrogen and oxygen atoms in total. The number of piperidine rings is 1. The van der Waals surface area contributed by atoms with E-state index >= 15 is 0 Å². The first-order valence-corrected chi connectivity index (χ1v) is 8.49. The van der Waals surface area contributed by atoms with E-state index in [1.54, 1.807) is 0 Å². The Kier molecular flexibility index (Phi) is 4.27. The van der Waals surface area contributed by atoms with Gasteiger partial charge in [0, 0.05) is 29.3 Å². The van der Waals surface area contributed by atoms with E-state index < -0.39 is 0 Å². The van der Waals surface area contributed by atoms with Gasteiger partial charge in [0.2, 0.25) is 0 Å². The standard InChI is InChI=1S/C15H21BrClN3/c16-12-9-11(4-5-13(12)17)19-15(10-18)6-8-20-7-2-1-3-14(15)20/h4-5,9,14,19H,1-3,6-8,10,18H2. The third-order valence-electron chi connectivity index (χ3n) is 4.77. The van der Waals surface area contributed by atoms with Crippen molar-refractivity contribution >= 4 is 33.2 Å². The summed E-state index contributed by atoms with van der Waals surface area (Å²) in [6.45, 7) is 3.05. The summed E-state index contributed by atoms with van der Waals surface area (Å²) in [7, 11) is 0. The van der Waals surface area contributed by atoms with Crippen LogP contribution in [0.4, 0.5) is 5.69 Å². The lowest BCUT2D eigenvalue weighted by Gasteiger charge is -2.41. The van der Waals surface area contributed by atoms with Crippen LogP contribution in [0, 0.1) is 0 Å². The van der Waals surface area contributed by atoms with Gasteiger partial charge in [0.25, 0.3) is 0 Å². The van der Waals surface area contributed by atoms with Crippen molar-refractivity contribution in [2.45, 2.75) is 37.3 Å². The zero-order chi connectivity index (χ0) is 14.2. The predicted molar refractivity (Wildman–Crippen MR) is 88.4 cm³/mol. The first kappa shape index (κ1) is 14.6. The highest BCUT2D eigenvalue weighted by Crippen LogP contribution is 2.38. The second-order valence-corrected chi connectivity index (χ2v) is 7.17. The molecule has 0 aromatic heterocycles. The Morgan fingerprint density at radius 2 is 2.25 bits per heavy atom. The van der Waals surface area contributed by atoms with E-state index in [2.05, 4.69) is 26.1 Å². The van der Waals surface area contributed by atoms with Crippen molar-refractivity contribution in [3.05, 3.63) is 27.7 Å². The summed E-state index contributed by atoms with van der Waals surface area (Å²) in [5.41, 5.74) is 7.27. The molecule has 2 aliphatic rings. The number of fused-ring (bicyclic) bond motifs is 1. The maximum Gasteiger partial charge on any atom is 0.0662 e. The first-order valence-electron chi connectivity index (χ1n) is 7.32. The molecule has 3 N–H and O–H groups in total. The third kappa shape index (κ3) is 2.59. The van der Waals surface area contributed by atoms with Gasteiger partial charge < -0.3 is 11.1 Å². The average molecular weight is 359 g/mol. The second kappa shape index (κ2) is 5.84. The van der Waals surface area contributed by atoms with Crippen LogP contribution in [0.3, 0.4) is 0 Å². The Balaban J connectivity index is 1.84. The Bertz CT molecular complexity index is 496. The lowest BCUT2D eigenvalue weighted by atomic mass is 9.85. The predicted octanol–water partition coefficient (Wildman–Crippen LogP) is 3.47. The maximum atomic E-state index is 6.16. The third-order valence-corrected chi connectivity index (χ3v) is 5.99. The Hall–Kier alpha value is -0.290. The molecule has 0 bridgehead atoms. The van der Waals surface area contributed by atoms with Crippen LogP contribution >= 0.6 is 27.5 Å². The van der Waals surface area contributed by atoms with Crippen molar-refractivity contribution in [3.8, 4) is 0 Å². The molecule has 1 aromatic carbocycles. The largest absolute Gasteiger partial charge is 0.377 e. The molecule has 0 aliphatic carbocycles. The zero-order valence-electron chi connectivity index (χ0n) is 11.5. The van der Waals surface area contributed by atoms with Crippen LogP contribution in [-0.2, 0) is 0 Å². The number of hydrogen-bond acceptors (Lipinski definition) is 3. The molecule has 0 amide bonds. The monoisotopic (exact) mass is 357 g/mol. The number of benzene rings is 1. The normalized spacial score (nSPS) is 30.2. The van der Waals surface area contributed by atoms with Gasteiger partial charge in [-0.2, -0.15) is 0 Å². The molecule has 2 fully saturated rings. The minimum Gasteiger partial charge on any atom is -0.377 e. The van der Waals surface area contributed by atoms with Crippen molar-refractivity contribution in [1.29, 1.82) is 0 Å². The van der Waals surface area contributed by atoms with Crippen LogP contribution < -0.4 is 11.1 Å². The molecule has 1 aromatic rings. The van der Waals surface area contributed by atoms with Gasteiger partial charge in [-0.05, 0) is 59.9 Å². The van der Waals surface area contributed by atoms with Crippen LogP contribution in [0.5, 0.6) is 0 Å². The minimum absolute atomic E-state index is 0.00763. The van der Waals surface area contributed by atoms with E-state index in [4.69, 9.17) is 17.3 Å². The van der Waals surface area contributed by atoms with Gasteiger partial charge in [0.05, 0.1) is 10.6 Å². The molecule has 20 heavy (non-hydrogen) atoms. The molecule has 0 spiro atoms. The molecule has 2 heterocycles. The molecule has 0 saturated carbocycles. The molecule has 5 heteroatoms. The highest BCUT2D eigenvalue weighted by Gasteiger charge is 2.47. The number of halogens is 2. The van der Waals surface area contributed by atoms with Crippen molar-refractivity contribution in [2.24, 2.45) is 5.73 Å². The quantitative estimate of drug-likeness (QED) is 0.869. The van der Waals surface area contributed by atoms with E-state index in [9.17, 15) is 0 Å². The van der Waals surface area contributed by atoms with Crippen LogP contribution in [0.15, 0.2) is 22.7 Å². The van der Waals surface area contributed by atoms with E-state index in [1.807, 2.05) is 18.2 Å². The Morgan fingerprint density at radius 1 is 1.40 bits per heavy atom. The van der Waals surface area contributed by atoms with Crippen molar-refractivity contribution in [1.82, 2.24) is 4.90 Å². The first-order chi connectivity index (χ1) is 9.64. The summed E-state index contributed by atoms with van der Waals surface area (Å²) >= 11 is 9.56. The van der Waals surface area contributed by atoms with Gasteiger partial charge in [-0.3, -0.25) is 4.90 Å². The molecular formula is C15H21BrClN3. The second-order valence-electron chi connectivity index (χ2n) is 5.91. The molecule has 2 saturated heterocycles. The molecule has 2 aliphatic heterocycles. The molecule has 110 valence electrons. The van der Waals surface area contributed by atoms with Gasteiger partial charge in [-0.1, -0.05) is 18.0 Å². The fourth-order valence-electron chi connectivity index (χ4n) is 3.69. The number of hydrogen-bond donors (Lipinski definition) is 2. The van der Waals surface area contributed by atoms with E-state index in [0.29, 0.717) is 12.6 Å². The van der Waals surface area contributed by atoms with Gasteiger partial charge >= 0.3 is 0 Å². The average Bonchev–Trinajstić information content (AvgIpc) is 2.83. The highest BCUT2D eigenvalue weighted by molar-refractivity contribution is 9.10. The topological polar surface area (TPSA) is 41.3 Å². The fraction of sp³-hybridized carbons (Fsp3) is 0.600. The zero-order valence-corrected chi connectivity index (χ0v) is 13.9. The van der Waals surface area contributed by atoms with E-state index in [-0.39, 0.29) is 5.54 Å². The molecule has 3 rings (SSSR count). The van der Waals surface area contributed by atoms with Crippen LogP contribution in [0.2, 0.25) is 5.02 Å². The molecule has 2 unspecified atom stereocenters.